The molecule has 0 aliphatic carbocycles. The van der Waals surface area contributed by atoms with Crippen LogP contribution >= 0.6 is 0 Å². The first kappa shape index (κ1) is 17.2. The third kappa shape index (κ3) is 2.70. The van der Waals surface area contributed by atoms with E-state index in [9.17, 15) is 14.9 Å². The smallest absolute Gasteiger partial charge is 0.415 e. The van der Waals surface area contributed by atoms with Crippen LogP contribution in [0.25, 0.3) is 16.7 Å². The fraction of sp³-hybridized carbons (Fsp3) is 0.200. The maximum atomic E-state index is 13.3. The van der Waals surface area contributed by atoms with E-state index in [0.29, 0.717) is 6.54 Å². The number of ether oxygens (including phenoxy) is 1. The quantitative estimate of drug-likeness (QED) is 0.394. The van der Waals surface area contributed by atoms with Crippen molar-refractivity contribution < 1.29 is 9.66 Å². The normalized spacial score (nSPS) is 18.0. The minimum absolute atomic E-state index is 0.169. The molecule has 0 bridgehead atoms. The number of nitro groups is 1. The summed E-state index contributed by atoms with van der Waals surface area (Å²) in [6, 6.07) is 17.3. The standard InChI is InChI=1S/C20H17N5O4/c1-20(12-22-11-17(25(27)28)21-18(22)29-20)13-23-15-9-5-6-10-16(15)24(19(23)26)14-7-3-2-4-8-14/h2-11H,12-13H2,1H3. The fourth-order valence-corrected chi connectivity index (χ4v) is 3.89. The van der Waals surface area contributed by atoms with Gasteiger partial charge in [0, 0.05) is 4.98 Å². The second-order valence-electron chi connectivity index (χ2n) is 7.35. The van der Waals surface area contributed by atoms with Crippen LogP contribution in [0.4, 0.5) is 5.82 Å². The summed E-state index contributed by atoms with van der Waals surface area (Å²) in [6.07, 6.45) is 1.36. The van der Waals surface area contributed by atoms with Gasteiger partial charge in [-0.1, -0.05) is 30.3 Å². The lowest BCUT2D eigenvalue weighted by Gasteiger charge is -2.22. The summed E-state index contributed by atoms with van der Waals surface area (Å²) in [7, 11) is 0. The van der Waals surface area contributed by atoms with Crippen LogP contribution in [0.2, 0.25) is 0 Å². The van der Waals surface area contributed by atoms with Crippen molar-refractivity contribution in [3.8, 4) is 11.7 Å². The van der Waals surface area contributed by atoms with E-state index >= 15 is 0 Å². The van der Waals surface area contributed by atoms with Crippen LogP contribution in [0, 0.1) is 10.1 Å². The second kappa shape index (κ2) is 6.06. The first-order valence-corrected chi connectivity index (χ1v) is 9.11. The number of benzene rings is 2. The van der Waals surface area contributed by atoms with E-state index in [4.69, 9.17) is 4.74 Å². The molecule has 0 radical (unpaired) electrons. The van der Waals surface area contributed by atoms with Crippen molar-refractivity contribution in [2.75, 3.05) is 0 Å². The lowest BCUT2D eigenvalue weighted by atomic mass is 10.1. The minimum Gasteiger partial charge on any atom is -0.436 e. The molecule has 0 spiro atoms. The Morgan fingerprint density at radius 2 is 1.83 bits per heavy atom. The topological polar surface area (TPSA) is 97.1 Å². The molecule has 0 amide bonds. The third-order valence-electron chi connectivity index (χ3n) is 5.10. The average molecular weight is 391 g/mol. The van der Waals surface area contributed by atoms with Gasteiger partial charge in [-0.3, -0.25) is 13.7 Å². The molecule has 9 heteroatoms. The molecular weight excluding hydrogens is 374 g/mol. The Labute approximate surface area is 164 Å². The summed E-state index contributed by atoms with van der Waals surface area (Å²) in [6.45, 7) is 2.51. The largest absolute Gasteiger partial charge is 0.436 e. The molecule has 1 aliphatic rings. The fourth-order valence-electron chi connectivity index (χ4n) is 3.89. The van der Waals surface area contributed by atoms with Crippen LogP contribution in [-0.4, -0.2) is 29.2 Å². The molecule has 29 heavy (non-hydrogen) atoms. The first-order valence-electron chi connectivity index (χ1n) is 9.11. The zero-order chi connectivity index (χ0) is 20.2. The van der Waals surface area contributed by atoms with E-state index < -0.39 is 10.5 Å². The predicted molar refractivity (Wildman–Crippen MR) is 105 cm³/mol. The van der Waals surface area contributed by atoms with Gasteiger partial charge < -0.3 is 14.9 Å². The van der Waals surface area contributed by atoms with Gasteiger partial charge in [-0.2, -0.15) is 0 Å². The molecule has 0 saturated carbocycles. The Morgan fingerprint density at radius 1 is 1.14 bits per heavy atom. The maximum absolute atomic E-state index is 13.3. The highest BCUT2D eigenvalue weighted by atomic mass is 16.6. The van der Waals surface area contributed by atoms with Crippen molar-refractivity contribution in [3.05, 3.63) is 81.4 Å². The SMILES string of the molecule is CC1(Cn2c(=O)n(-c3ccccc3)c3ccccc32)Cn2cc([N+](=O)[O-])nc2O1. The molecule has 0 fully saturated rings. The van der Waals surface area contributed by atoms with E-state index in [1.807, 2.05) is 61.5 Å². The molecule has 3 heterocycles. The van der Waals surface area contributed by atoms with E-state index in [2.05, 4.69) is 4.98 Å². The summed E-state index contributed by atoms with van der Waals surface area (Å²) in [5.74, 6) is -0.250. The van der Waals surface area contributed by atoms with Crippen molar-refractivity contribution in [2.45, 2.75) is 25.6 Å². The maximum Gasteiger partial charge on any atom is 0.415 e. The highest BCUT2D eigenvalue weighted by Gasteiger charge is 2.41. The molecule has 1 unspecified atom stereocenters. The summed E-state index contributed by atoms with van der Waals surface area (Å²) in [5, 5.41) is 10.9. The van der Waals surface area contributed by atoms with Crippen molar-refractivity contribution in [3.63, 3.8) is 0 Å². The molecule has 146 valence electrons. The zero-order valence-corrected chi connectivity index (χ0v) is 15.6. The third-order valence-corrected chi connectivity index (χ3v) is 5.10. The van der Waals surface area contributed by atoms with Gasteiger partial charge in [0.15, 0.2) is 0 Å². The van der Waals surface area contributed by atoms with Crippen LogP contribution in [0.1, 0.15) is 6.92 Å². The Hall–Kier alpha value is -3.88. The lowest BCUT2D eigenvalue weighted by molar-refractivity contribution is -0.389. The van der Waals surface area contributed by atoms with Gasteiger partial charge in [0.2, 0.25) is 0 Å². The van der Waals surface area contributed by atoms with E-state index in [1.54, 1.807) is 13.7 Å². The summed E-state index contributed by atoms with van der Waals surface area (Å²) in [4.78, 5) is 27.6. The number of rotatable bonds is 4. The van der Waals surface area contributed by atoms with Crippen molar-refractivity contribution in [1.82, 2.24) is 18.7 Å². The first-order chi connectivity index (χ1) is 14.0. The predicted octanol–water partition coefficient (Wildman–Crippen LogP) is 2.75. The molecule has 5 rings (SSSR count). The number of fused-ring (bicyclic) bond motifs is 2. The van der Waals surface area contributed by atoms with Gasteiger partial charge in [0.05, 0.1) is 29.8 Å². The van der Waals surface area contributed by atoms with Gasteiger partial charge in [0.1, 0.15) is 11.8 Å². The Kier molecular flexibility index (Phi) is 3.60. The zero-order valence-electron chi connectivity index (χ0n) is 15.6. The molecule has 0 saturated heterocycles. The molecule has 4 aromatic rings. The molecule has 9 nitrogen and oxygen atoms in total. The van der Waals surface area contributed by atoms with Crippen molar-refractivity contribution >= 4 is 16.9 Å². The molecule has 1 aliphatic heterocycles. The average Bonchev–Trinajstić information content (AvgIpc) is 3.31. The minimum atomic E-state index is -0.757. The number of para-hydroxylation sites is 3. The van der Waals surface area contributed by atoms with E-state index in [-0.39, 0.29) is 24.1 Å². The van der Waals surface area contributed by atoms with Crippen LogP contribution in [0.15, 0.2) is 65.6 Å². The van der Waals surface area contributed by atoms with Crippen LogP contribution in [0.5, 0.6) is 6.01 Å². The van der Waals surface area contributed by atoms with Gasteiger partial charge >= 0.3 is 17.5 Å². The van der Waals surface area contributed by atoms with Crippen LogP contribution < -0.4 is 10.4 Å². The number of hydrogen-bond acceptors (Lipinski definition) is 5. The number of hydrogen-bond donors (Lipinski definition) is 0. The molecule has 2 aromatic heterocycles. The molecule has 0 N–H and O–H groups in total. The summed E-state index contributed by atoms with van der Waals surface area (Å²) in [5.41, 5.74) is 1.46. The summed E-state index contributed by atoms with van der Waals surface area (Å²) >= 11 is 0. The Morgan fingerprint density at radius 3 is 2.52 bits per heavy atom. The van der Waals surface area contributed by atoms with Crippen LogP contribution in [0.3, 0.4) is 0 Å². The van der Waals surface area contributed by atoms with E-state index in [0.717, 1.165) is 16.7 Å². The second-order valence-corrected chi connectivity index (χ2v) is 7.35. The van der Waals surface area contributed by atoms with Gasteiger partial charge in [-0.25, -0.2) is 4.79 Å². The van der Waals surface area contributed by atoms with Crippen LogP contribution in [-0.2, 0) is 13.1 Å². The number of aromatic nitrogens is 4. The Bertz CT molecular complexity index is 1280. The van der Waals surface area contributed by atoms with Gasteiger partial charge in [0.25, 0.3) is 0 Å². The number of nitrogens with zero attached hydrogens (tertiary/aromatic N) is 5. The monoisotopic (exact) mass is 391 g/mol. The summed E-state index contributed by atoms with van der Waals surface area (Å²) < 4.78 is 10.9. The Balaban J connectivity index is 1.56. The number of imidazole rings is 2. The molecule has 1 atom stereocenters. The van der Waals surface area contributed by atoms with Crippen molar-refractivity contribution in [2.24, 2.45) is 0 Å². The highest BCUT2D eigenvalue weighted by molar-refractivity contribution is 5.78. The van der Waals surface area contributed by atoms with Crippen molar-refractivity contribution in [1.29, 1.82) is 0 Å². The molecular formula is C20H17N5O4. The lowest BCUT2D eigenvalue weighted by Crippen LogP contribution is -2.40. The molecule has 2 aromatic carbocycles. The highest BCUT2D eigenvalue weighted by Crippen LogP contribution is 2.32. The van der Waals surface area contributed by atoms with Gasteiger partial charge in [-0.15, -0.1) is 0 Å². The van der Waals surface area contributed by atoms with E-state index in [1.165, 1.54) is 6.20 Å². The van der Waals surface area contributed by atoms with Gasteiger partial charge in [-0.05, 0) is 36.1 Å².